The molecule has 1 rings (SSSR count). The molecule has 0 aliphatic carbocycles. The number of piperidine rings is 1. The molecule has 0 aromatic carbocycles. The number of rotatable bonds is 5. The molecule has 92 valence electrons. The first-order valence-corrected chi connectivity index (χ1v) is 6.11. The van der Waals surface area contributed by atoms with Crippen LogP contribution in [0.25, 0.3) is 0 Å². The summed E-state index contributed by atoms with van der Waals surface area (Å²) >= 11 is 0. The monoisotopic (exact) mass is 225 g/mol. The van der Waals surface area contributed by atoms with Gasteiger partial charge in [-0.25, -0.2) is 0 Å². The summed E-state index contributed by atoms with van der Waals surface area (Å²) in [4.78, 5) is 2.24. The van der Waals surface area contributed by atoms with Crippen LogP contribution in [-0.4, -0.2) is 42.8 Å². The summed E-state index contributed by atoms with van der Waals surface area (Å²) in [7, 11) is 0. The Morgan fingerprint density at radius 3 is 3.00 bits per heavy atom. The minimum atomic E-state index is -0.743. The Labute approximate surface area is 98.4 Å². The van der Waals surface area contributed by atoms with Crippen LogP contribution in [0.5, 0.6) is 0 Å². The van der Waals surface area contributed by atoms with Crippen LogP contribution in [0, 0.1) is 11.3 Å². The molecule has 16 heavy (non-hydrogen) atoms. The van der Waals surface area contributed by atoms with Crippen LogP contribution >= 0.6 is 0 Å². The average molecular weight is 225 g/mol. The predicted molar refractivity (Wildman–Crippen MR) is 63.9 cm³/mol. The van der Waals surface area contributed by atoms with Gasteiger partial charge in [0.05, 0.1) is 12.2 Å². The third-order valence-corrected chi connectivity index (χ3v) is 2.83. The SMILES string of the molecule is CCCOC1CCCN(CC(C)(N)C#N)C1. The summed E-state index contributed by atoms with van der Waals surface area (Å²) in [5.41, 5.74) is 5.11. The van der Waals surface area contributed by atoms with Crippen molar-refractivity contribution in [2.75, 3.05) is 26.2 Å². The molecule has 1 aliphatic heterocycles. The quantitative estimate of drug-likeness (QED) is 0.761. The molecule has 0 bridgehead atoms. The Morgan fingerprint density at radius 1 is 1.62 bits per heavy atom. The summed E-state index contributed by atoms with van der Waals surface area (Å²) in [5.74, 6) is 0. The number of likely N-dealkylation sites (tertiary alicyclic amines) is 1. The van der Waals surface area contributed by atoms with Gasteiger partial charge in [-0.3, -0.25) is 4.90 Å². The van der Waals surface area contributed by atoms with Crippen LogP contribution in [0.4, 0.5) is 0 Å². The van der Waals surface area contributed by atoms with Gasteiger partial charge < -0.3 is 10.5 Å². The Morgan fingerprint density at radius 2 is 2.38 bits per heavy atom. The molecule has 0 spiro atoms. The van der Waals surface area contributed by atoms with E-state index >= 15 is 0 Å². The van der Waals surface area contributed by atoms with Gasteiger partial charge in [-0.15, -0.1) is 0 Å². The van der Waals surface area contributed by atoms with Crippen LogP contribution < -0.4 is 5.73 Å². The molecule has 2 N–H and O–H groups in total. The normalized spacial score (nSPS) is 26.0. The van der Waals surface area contributed by atoms with E-state index in [4.69, 9.17) is 15.7 Å². The molecule has 2 atom stereocenters. The summed E-state index contributed by atoms with van der Waals surface area (Å²) in [6.45, 7) is 7.30. The number of ether oxygens (including phenoxy) is 1. The largest absolute Gasteiger partial charge is 0.377 e. The maximum Gasteiger partial charge on any atom is 0.114 e. The van der Waals surface area contributed by atoms with Crippen molar-refractivity contribution in [3.8, 4) is 6.07 Å². The first kappa shape index (κ1) is 13.4. The van der Waals surface area contributed by atoms with Crippen LogP contribution in [0.1, 0.15) is 33.1 Å². The number of hydrogen-bond donors (Lipinski definition) is 1. The molecule has 4 nitrogen and oxygen atoms in total. The minimum Gasteiger partial charge on any atom is -0.377 e. The van der Waals surface area contributed by atoms with Gasteiger partial charge in [0.1, 0.15) is 5.54 Å². The lowest BCUT2D eigenvalue weighted by Crippen LogP contribution is -2.51. The second-order valence-electron chi connectivity index (χ2n) is 4.90. The molecule has 1 heterocycles. The second-order valence-corrected chi connectivity index (χ2v) is 4.90. The third-order valence-electron chi connectivity index (χ3n) is 2.83. The van der Waals surface area contributed by atoms with Crippen molar-refractivity contribution in [2.24, 2.45) is 5.73 Å². The van der Waals surface area contributed by atoms with E-state index in [0.717, 1.165) is 39.0 Å². The molecule has 1 saturated heterocycles. The highest BCUT2D eigenvalue weighted by Crippen LogP contribution is 2.15. The van der Waals surface area contributed by atoms with E-state index in [1.54, 1.807) is 6.92 Å². The molecule has 0 amide bonds. The molecular weight excluding hydrogens is 202 g/mol. The summed E-state index contributed by atoms with van der Waals surface area (Å²) in [6.07, 6.45) is 3.65. The zero-order valence-electron chi connectivity index (χ0n) is 10.4. The standard InChI is InChI=1S/C12H23N3O/c1-3-7-16-11-5-4-6-15(8-11)10-12(2,14)9-13/h11H,3-8,10,14H2,1-2H3. The highest BCUT2D eigenvalue weighted by atomic mass is 16.5. The number of nitrogens with two attached hydrogens (primary N) is 1. The predicted octanol–water partition coefficient (Wildman–Crippen LogP) is 1.12. The molecule has 0 aromatic rings. The fraction of sp³-hybridized carbons (Fsp3) is 0.917. The van der Waals surface area contributed by atoms with Gasteiger partial charge in [0, 0.05) is 19.7 Å². The second kappa shape index (κ2) is 6.19. The van der Waals surface area contributed by atoms with Crippen molar-refractivity contribution >= 4 is 0 Å². The molecule has 0 aromatic heterocycles. The van der Waals surface area contributed by atoms with Gasteiger partial charge in [-0.1, -0.05) is 6.92 Å². The molecule has 4 heteroatoms. The Balaban J connectivity index is 2.36. The lowest BCUT2D eigenvalue weighted by atomic mass is 10.0. The van der Waals surface area contributed by atoms with Crippen LogP contribution in [0.3, 0.4) is 0 Å². The Bertz CT molecular complexity index is 247. The van der Waals surface area contributed by atoms with E-state index in [0.29, 0.717) is 12.6 Å². The first-order valence-electron chi connectivity index (χ1n) is 6.11. The van der Waals surface area contributed by atoms with E-state index < -0.39 is 5.54 Å². The van der Waals surface area contributed by atoms with E-state index in [9.17, 15) is 0 Å². The summed E-state index contributed by atoms with van der Waals surface area (Å²) in [6, 6.07) is 2.14. The number of hydrogen-bond acceptors (Lipinski definition) is 4. The maximum absolute atomic E-state index is 8.90. The van der Waals surface area contributed by atoms with E-state index in [1.165, 1.54) is 0 Å². The van der Waals surface area contributed by atoms with E-state index in [-0.39, 0.29) is 0 Å². The van der Waals surface area contributed by atoms with Gasteiger partial charge in [-0.2, -0.15) is 5.26 Å². The van der Waals surface area contributed by atoms with Crippen molar-refractivity contribution < 1.29 is 4.74 Å². The van der Waals surface area contributed by atoms with Gasteiger partial charge in [-0.05, 0) is 32.7 Å². The fourth-order valence-corrected chi connectivity index (χ4v) is 2.08. The van der Waals surface area contributed by atoms with Crippen molar-refractivity contribution in [1.29, 1.82) is 5.26 Å². The molecule has 1 aliphatic rings. The fourth-order valence-electron chi connectivity index (χ4n) is 2.08. The zero-order valence-corrected chi connectivity index (χ0v) is 10.4. The van der Waals surface area contributed by atoms with Crippen LogP contribution in [0.15, 0.2) is 0 Å². The summed E-state index contributed by atoms with van der Waals surface area (Å²) in [5, 5.41) is 8.90. The van der Waals surface area contributed by atoms with Gasteiger partial charge in [0.2, 0.25) is 0 Å². The minimum absolute atomic E-state index is 0.322. The van der Waals surface area contributed by atoms with Crippen molar-refractivity contribution in [2.45, 2.75) is 44.8 Å². The lowest BCUT2D eigenvalue weighted by Gasteiger charge is -2.35. The van der Waals surface area contributed by atoms with Crippen molar-refractivity contribution in [3.05, 3.63) is 0 Å². The van der Waals surface area contributed by atoms with E-state index in [1.807, 2.05) is 0 Å². The van der Waals surface area contributed by atoms with Crippen LogP contribution in [0.2, 0.25) is 0 Å². The lowest BCUT2D eigenvalue weighted by molar-refractivity contribution is -0.00279. The van der Waals surface area contributed by atoms with E-state index in [2.05, 4.69) is 17.9 Å². The highest BCUT2D eigenvalue weighted by molar-refractivity contribution is 5.03. The Hall–Kier alpha value is -0.630. The van der Waals surface area contributed by atoms with Gasteiger partial charge >= 0.3 is 0 Å². The highest BCUT2D eigenvalue weighted by Gasteiger charge is 2.26. The zero-order chi connectivity index (χ0) is 12.0. The Kier molecular flexibility index (Phi) is 5.20. The molecule has 0 saturated carbocycles. The number of nitrogens with zero attached hydrogens (tertiary/aromatic N) is 2. The smallest absolute Gasteiger partial charge is 0.114 e. The maximum atomic E-state index is 8.90. The molecule has 1 fully saturated rings. The average Bonchev–Trinajstić information content (AvgIpc) is 2.26. The third kappa shape index (κ3) is 4.48. The number of nitriles is 1. The van der Waals surface area contributed by atoms with Crippen molar-refractivity contribution in [3.63, 3.8) is 0 Å². The topological polar surface area (TPSA) is 62.3 Å². The van der Waals surface area contributed by atoms with Gasteiger partial charge in [0.15, 0.2) is 0 Å². The summed E-state index contributed by atoms with van der Waals surface area (Å²) < 4.78 is 5.75. The molecule has 0 radical (unpaired) electrons. The van der Waals surface area contributed by atoms with Crippen molar-refractivity contribution in [1.82, 2.24) is 4.90 Å². The van der Waals surface area contributed by atoms with Gasteiger partial charge in [0.25, 0.3) is 0 Å². The van der Waals surface area contributed by atoms with Crippen LogP contribution in [-0.2, 0) is 4.74 Å². The molecule has 2 unspecified atom stereocenters. The molecular formula is C12H23N3O. The first-order chi connectivity index (χ1) is 7.57.